The second kappa shape index (κ2) is 5.79. The predicted molar refractivity (Wildman–Crippen MR) is 78.1 cm³/mol. The van der Waals surface area contributed by atoms with E-state index in [1.807, 2.05) is 13.8 Å². The third-order valence-electron chi connectivity index (χ3n) is 3.80. The van der Waals surface area contributed by atoms with Crippen LogP contribution in [-0.2, 0) is 15.9 Å². The van der Waals surface area contributed by atoms with Crippen LogP contribution >= 0.6 is 23.2 Å². The van der Waals surface area contributed by atoms with Crippen molar-refractivity contribution in [2.75, 3.05) is 13.1 Å². The summed E-state index contributed by atoms with van der Waals surface area (Å²) in [6, 6.07) is 2.49. The largest absolute Gasteiger partial charge is 0.246 e. The smallest absolute Gasteiger partial charge is 0.207 e. The Morgan fingerprint density at radius 1 is 1.30 bits per heavy atom. The fourth-order valence-electron chi connectivity index (χ4n) is 2.32. The lowest BCUT2D eigenvalue weighted by molar-refractivity contribution is 0.456. The number of hydrogen-bond donors (Lipinski definition) is 0. The second-order valence-corrected chi connectivity index (χ2v) is 7.90. The standard InChI is InChI=1S/C13H16Cl2FNO2S/c1-8-6-17(7-9(8)2)20(18,19)12-4-11(15)3-10(5-14)13(12)16/h3-4,8-9H,5-7H2,1-2H3. The van der Waals surface area contributed by atoms with E-state index < -0.39 is 15.8 Å². The van der Waals surface area contributed by atoms with Gasteiger partial charge in [0.2, 0.25) is 10.0 Å². The molecule has 1 aliphatic rings. The monoisotopic (exact) mass is 339 g/mol. The Morgan fingerprint density at radius 3 is 2.35 bits per heavy atom. The number of hydrogen-bond acceptors (Lipinski definition) is 2. The van der Waals surface area contributed by atoms with E-state index in [-0.39, 0.29) is 33.2 Å². The molecular weight excluding hydrogens is 324 g/mol. The molecule has 1 fully saturated rings. The lowest BCUT2D eigenvalue weighted by atomic mass is 10.0. The van der Waals surface area contributed by atoms with Gasteiger partial charge in [0, 0.05) is 23.7 Å². The summed E-state index contributed by atoms with van der Waals surface area (Å²) in [7, 11) is -3.88. The molecule has 1 heterocycles. The van der Waals surface area contributed by atoms with E-state index in [0.29, 0.717) is 13.1 Å². The summed E-state index contributed by atoms with van der Waals surface area (Å²) in [6.07, 6.45) is 0. The van der Waals surface area contributed by atoms with Gasteiger partial charge < -0.3 is 0 Å². The van der Waals surface area contributed by atoms with Gasteiger partial charge in [-0.25, -0.2) is 12.8 Å². The third-order valence-corrected chi connectivity index (χ3v) is 6.13. The molecule has 1 saturated heterocycles. The Bertz CT molecular complexity index is 611. The van der Waals surface area contributed by atoms with Crippen molar-refractivity contribution in [2.24, 2.45) is 11.8 Å². The maximum atomic E-state index is 14.2. The first-order chi connectivity index (χ1) is 9.27. The first kappa shape index (κ1) is 16.0. The van der Waals surface area contributed by atoms with Crippen LogP contribution in [0.5, 0.6) is 0 Å². The van der Waals surface area contributed by atoms with Gasteiger partial charge in [0.05, 0.1) is 5.88 Å². The SMILES string of the molecule is CC1CN(S(=O)(=O)c2cc(Cl)cc(CCl)c2F)CC1C. The molecule has 20 heavy (non-hydrogen) atoms. The lowest BCUT2D eigenvalue weighted by Crippen LogP contribution is -2.30. The molecule has 0 amide bonds. The van der Waals surface area contributed by atoms with Crippen LogP contribution in [0.25, 0.3) is 0 Å². The summed E-state index contributed by atoms with van der Waals surface area (Å²) in [5.41, 5.74) is 0.0954. The zero-order chi connectivity index (χ0) is 15.1. The molecule has 0 bridgehead atoms. The number of nitrogens with zero attached hydrogens (tertiary/aromatic N) is 1. The van der Waals surface area contributed by atoms with Crippen molar-refractivity contribution in [3.05, 3.63) is 28.5 Å². The molecule has 2 atom stereocenters. The number of alkyl halides is 1. The number of halogens is 3. The van der Waals surface area contributed by atoms with Gasteiger partial charge in [-0.3, -0.25) is 0 Å². The van der Waals surface area contributed by atoms with E-state index in [2.05, 4.69) is 0 Å². The van der Waals surface area contributed by atoms with Gasteiger partial charge in [0.25, 0.3) is 0 Å². The van der Waals surface area contributed by atoms with Crippen molar-refractivity contribution in [1.29, 1.82) is 0 Å². The molecule has 1 aromatic rings. The molecule has 0 aliphatic carbocycles. The molecule has 0 saturated carbocycles. The highest BCUT2D eigenvalue weighted by atomic mass is 35.5. The molecule has 1 aromatic carbocycles. The van der Waals surface area contributed by atoms with Gasteiger partial charge >= 0.3 is 0 Å². The summed E-state index contributed by atoms with van der Waals surface area (Å²) >= 11 is 11.5. The van der Waals surface area contributed by atoms with E-state index in [1.54, 1.807) is 0 Å². The molecule has 2 rings (SSSR count). The summed E-state index contributed by atoms with van der Waals surface area (Å²) in [5.74, 6) is -0.433. The van der Waals surface area contributed by atoms with Crippen molar-refractivity contribution in [1.82, 2.24) is 4.31 Å². The molecular formula is C13H16Cl2FNO2S. The van der Waals surface area contributed by atoms with E-state index in [1.165, 1.54) is 10.4 Å². The van der Waals surface area contributed by atoms with Crippen molar-refractivity contribution in [2.45, 2.75) is 24.6 Å². The highest BCUT2D eigenvalue weighted by Crippen LogP contribution is 2.31. The van der Waals surface area contributed by atoms with Crippen LogP contribution in [0.1, 0.15) is 19.4 Å². The summed E-state index contributed by atoms with van der Waals surface area (Å²) < 4.78 is 40.7. The average molecular weight is 340 g/mol. The third kappa shape index (κ3) is 2.82. The maximum Gasteiger partial charge on any atom is 0.246 e. The zero-order valence-electron chi connectivity index (χ0n) is 11.2. The van der Waals surface area contributed by atoms with Crippen molar-refractivity contribution in [3.8, 4) is 0 Å². The number of benzene rings is 1. The topological polar surface area (TPSA) is 37.4 Å². The minimum Gasteiger partial charge on any atom is -0.207 e. The molecule has 7 heteroatoms. The second-order valence-electron chi connectivity index (χ2n) is 5.29. The van der Waals surface area contributed by atoms with Crippen LogP contribution in [0.2, 0.25) is 5.02 Å². The highest BCUT2D eigenvalue weighted by Gasteiger charge is 2.36. The minimum absolute atomic E-state index is 0.0954. The predicted octanol–water partition coefficient (Wildman–Crippen LogP) is 3.49. The Labute approximate surface area is 128 Å². The Balaban J connectivity index is 2.48. The van der Waals surface area contributed by atoms with E-state index in [0.717, 1.165) is 6.07 Å². The summed E-state index contributed by atoms with van der Waals surface area (Å²) in [6.45, 7) is 4.76. The molecule has 3 nitrogen and oxygen atoms in total. The van der Waals surface area contributed by atoms with Gasteiger partial charge in [-0.1, -0.05) is 25.4 Å². The molecule has 2 unspecified atom stereocenters. The van der Waals surface area contributed by atoms with Crippen LogP contribution in [-0.4, -0.2) is 25.8 Å². The molecule has 112 valence electrons. The first-order valence-electron chi connectivity index (χ1n) is 6.31. The highest BCUT2D eigenvalue weighted by molar-refractivity contribution is 7.89. The van der Waals surface area contributed by atoms with Crippen molar-refractivity contribution in [3.63, 3.8) is 0 Å². The quantitative estimate of drug-likeness (QED) is 0.790. The summed E-state index contributed by atoms with van der Waals surface area (Å²) in [4.78, 5) is -0.387. The van der Waals surface area contributed by atoms with Crippen LogP contribution in [0.15, 0.2) is 17.0 Å². The lowest BCUT2D eigenvalue weighted by Gasteiger charge is -2.17. The normalized spacial score (nSPS) is 24.2. The Hall–Kier alpha value is -0.360. The Morgan fingerprint density at radius 2 is 1.85 bits per heavy atom. The van der Waals surface area contributed by atoms with Crippen LogP contribution in [0.3, 0.4) is 0 Å². The number of rotatable bonds is 3. The molecule has 0 spiro atoms. The van der Waals surface area contributed by atoms with Gasteiger partial charge in [-0.05, 0) is 24.0 Å². The van der Waals surface area contributed by atoms with Crippen LogP contribution in [0.4, 0.5) is 4.39 Å². The molecule has 0 radical (unpaired) electrons. The van der Waals surface area contributed by atoms with Crippen molar-refractivity contribution < 1.29 is 12.8 Å². The average Bonchev–Trinajstić information content (AvgIpc) is 2.72. The van der Waals surface area contributed by atoms with E-state index >= 15 is 0 Å². The van der Waals surface area contributed by atoms with Gasteiger partial charge in [0.1, 0.15) is 10.7 Å². The van der Waals surface area contributed by atoms with Crippen LogP contribution < -0.4 is 0 Å². The fraction of sp³-hybridized carbons (Fsp3) is 0.538. The van der Waals surface area contributed by atoms with Crippen molar-refractivity contribution >= 4 is 33.2 Å². The molecule has 0 N–H and O–H groups in total. The zero-order valence-corrected chi connectivity index (χ0v) is 13.6. The van der Waals surface area contributed by atoms with E-state index in [9.17, 15) is 12.8 Å². The van der Waals surface area contributed by atoms with E-state index in [4.69, 9.17) is 23.2 Å². The first-order valence-corrected chi connectivity index (χ1v) is 8.66. The number of sulfonamides is 1. The fourth-order valence-corrected chi connectivity index (χ4v) is 4.59. The minimum atomic E-state index is -3.88. The maximum absolute atomic E-state index is 14.2. The van der Waals surface area contributed by atoms with Crippen LogP contribution in [0, 0.1) is 17.7 Å². The Kier molecular flexibility index (Phi) is 4.64. The summed E-state index contributed by atoms with van der Waals surface area (Å²) in [5, 5.41) is 0.168. The van der Waals surface area contributed by atoms with Gasteiger partial charge in [0.15, 0.2) is 0 Å². The molecule has 1 aliphatic heterocycles. The molecule has 0 aromatic heterocycles. The van der Waals surface area contributed by atoms with Gasteiger partial charge in [-0.15, -0.1) is 11.6 Å². The van der Waals surface area contributed by atoms with Gasteiger partial charge in [-0.2, -0.15) is 4.31 Å².